The number of aliphatic hydroxyl groups is 1. The van der Waals surface area contributed by atoms with E-state index in [0.29, 0.717) is 5.56 Å². The van der Waals surface area contributed by atoms with Crippen LogP contribution in [0.1, 0.15) is 31.7 Å². The molecule has 1 saturated heterocycles. The van der Waals surface area contributed by atoms with E-state index in [-0.39, 0.29) is 12.2 Å². The maximum absolute atomic E-state index is 9.67. The molecule has 4 heteroatoms. The molecule has 1 aromatic rings. The van der Waals surface area contributed by atoms with Crippen LogP contribution in [0.25, 0.3) is 0 Å². The molecule has 1 N–H and O–H groups in total. The lowest BCUT2D eigenvalue weighted by Crippen LogP contribution is -2.41. The number of benzene rings is 1. The van der Waals surface area contributed by atoms with Crippen LogP contribution in [0.4, 0.5) is 0 Å². The number of rotatable bonds is 5. The molecular formula is C16H22N2O2. The lowest BCUT2D eigenvalue weighted by molar-refractivity contribution is 0.0600. The maximum Gasteiger partial charge on any atom is 0.121 e. The van der Waals surface area contributed by atoms with Crippen LogP contribution in [-0.2, 0) is 0 Å². The van der Waals surface area contributed by atoms with Crippen LogP contribution in [0.15, 0.2) is 24.3 Å². The molecule has 0 bridgehead atoms. The number of nitriles is 1. The number of β-amino-alcohol motifs (C(OH)–C–C–N with tert-alkyl or cyclic N) is 1. The number of nitrogens with zero attached hydrogens (tertiary/aromatic N) is 2. The van der Waals surface area contributed by atoms with Crippen molar-refractivity contribution in [1.82, 2.24) is 4.90 Å². The third-order valence-electron chi connectivity index (χ3n) is 3.74. The third kappa shape index (κ3) is 4.22. The highest BCUT2D eigenvalue weighted by molar-refractivity contribution is 5.36. The third-order valence-corrected chi connectivity index (χ3v) is 3.74. The topological polar surface area (TPSA) is 56.5 Å². The Morgan fingerprint density at radius 2 is 2.20 bits per heavy atom. The Balaban J connectivity index is 1.81. The van der Waals surface area contributed by atoms with Gasteiger partial charge in [-0.05, 0) is 37.5 Å². The first-order valence-corrected chi connectivity index (χ1v) is 7.28. The normalized spacial score (nSPS) is 18.4. The van der Waals surface area contributed by atoms with E-state index < -0.39 is 0 Å². The molecule has 1 aliphatic rings. The number of hydrogen-bond acceptors (Lipinski definition) is 4. The molecule has 0 spiro atoms. The smallest absolute Gasteiger partial charge is 0.121 e. The van der Waals surface area contributed by atoms with Gasteiger partial charge in [-0.3, -0.25) is 0 Å². The molecule has 2 rings (SSSR count). The van der Waals surface area contributed by atoms with Gasteiger partial charge in [0, 0.05) is 19.6 Å². The van der Waals surface area contributed by atoms with Crippen LogP contribution in [-0.4, -0.2) is 41.8 Å². The second kappa shape index (κ2) is 7.28. The van der Waals surface area contributed by atoms with Gasteiger partial charge in [0.15, 0.2) is 0 Å². The van der Waals surface area contributed by atoms with Crippen molar-refractivity contribution in [1.29, 1.82) is 5.26 Å². The summed E-state index contributed by atoms with van der Waals surface area (Å²) in [5.41, 5.74) is 0.631. The van der Waals surface area contributed by atoms with Crippen LogP contribution in [0.2, 0.25) is 0 Å². The van der Waals surface area contributed by atoms with E-state index in [1.165, 1.54) is 0 Å². The number of piperidine rings is 1. The van der Waals surface area contributed by atoms with Crippen molar-refractivity contribution < 1.29 is 9.84 Å². The van der Waals surface area contributed by atoms with Crippen molar-refractivity contribution in [3.8, 4) is 11.8 Å². The summed E-state index contributed by atoms with van der Waals surface area (Å²) in [5, 5.41) is 18.5. The molecule has 0 aliphatic carbocycles. The van der Waals surface area contributed by atoms with Gasteiger partial charge in [-0.15, -0.1) is 0 Å². The lowest BCUT2D eigenvalue weighted by Gasteiger charge is -2.33. The molecule has 4 nitrogen and oxygen atoms in total. The summed E-state index contributed by atoms with van der Waals surface area (Å²) in [6, 6.07) is 9.43. The van der Waals surface area contributed by atoms with Gasteiger partial charge in [-0.1, -0.05) is 13.0 Å². The largest absolute Gasteiger partial charge is 0.490 e. The highest BCUT2D eigenvalue weighted by atomic mass is 16.5. The predicted molar refractivity (Wildman–Crippen MR) is 77.5 cm³/mol. The standard InChI is InChI=1S/C16H22N2O2/c1-2-14(19)12-18-8-6-15(7-9-18)20-16-5-3-4-13(10-16)11-17/h3-5,10,14-15,19H,2,6-9,12H2,1H3. The number of ether oxygens (including phenoxy) is 1. The van der Waals surface area contributed by atoms with Gasteiger partial charge in [-0.25, -0.2) is 0 Å². The summed E-state index contributed by atoms with van der Waals surface area (Å²) in [6.45, 7) is 4.68. The Labute approximate surface area is 120 Å². The number of likely N-dealkylation sites (tertiary alicyclic amines) is 1. The fourth-order valence-corrected chi connectivity index (χ4v) is 2.47. The average Bonchev–Trinajstić information content (AvgIpc) is 2.49. The fraction of sp³-hybridized carbons (Fsp3) is 0.562. The molecular weight excluding hydrogens is 252 g/mol. The van der Waals surface area contributed by atoms with Gasteiger partial charge in [0.1, 0.15) is 11.9 Å². The molecule has 0 radical (unpaired) electrons. The molecule has 0 aromatic heterocycles. The van der Waals surface area contributed by atoms with Crippen LogP contribution >= 0.6 is 0 Å². The van der Waals surface area contributed by atoms with Crippen molar-refractivity contribution in [2.24, 2.45) is 0 Å². The first-order chi connectivity index (χ1) is 9.71. The van der Waals surface area contributed by atoms with E-state index in [2.05, 4.69) is 11.0 Å². The SMILES string of the molecule is CCC(O)CN1CCC(Oc2cccc(C#N)c2)CC1. The molecule has 1 heterocycles. The quantitative estimate of drug-likeness (QED) is 0.894. The Bertz CT molecular complexity index is 462. The van der Waals surface area contributed by atoms with Crippen LogP contribution in [0.3, 0.4) is 0 Å². The van der Waals surface area contributed by atoms with Gasteiger partial charge >= 0.3 is 0 Å². The lowest BCUT2D eigenvalue weighted by atomic mass is 10.1. The summed E-state index contributed by atoms with van der Waals surface area (Å²) in [7, 11) is 0. The fourth-order valence-electron chi connectivity index (χ4n) is 2.47. The van der Waals surface area contributed by atoms with E-state index in [0.717, 1.165) is 44.6 Å². The summed E-state index contributed by atoms with van der Waals surface area (Å²) < 4.78 is 5.94. The van der Waals surface area contributed by atoms with Crippen LogP contribution in [0, 0.1) is 11.3 Å². The molecule has 108 valence electrons. The minimum absolute atomic E-state index is 0.207. The van der Waals surface area contributed by atoms with Gasteiger partial charge < -0.3 is 14.7 Å². The average molecular weight is 274 g/mol. The maximum atomic E-state index is 9.67. The van der Waals surface area contributed by atoms with Crippen molar-refractivity contribution in [2.45, 2.75) is 38.4 Å². The van der Waals surface area contributed by atoms with Gasteiger partial charge in [0.2, 0.25) is 0 Å². The zero-order valence-electron chi connectivity index (χ0n) is 12.0. The number of hydrogen-bond donors (Lipinski definition) is 1. The van der Waals surface area contributed by atoms with Gasteiger partial charge in [0.05, 0.1) is 17.7 Å². The summed E-state index contributed by atoms with van der Waals surface area (Å²) >= 11 is 0. The van der Waals surface area contributed by atoms with Crippen LogP contribution in [0.5, 0.6) is 5.75 Å². The predicted octanol–water partition coefficient (Wildman–Crippen LogP) is 2.17. The Morgan fingerprint density at radius 3 is 2.85 bits per heavy atom. The van der Waals surface area contributed by atoms with E-state index in [1.807, 2.05) is 19.1 Å². The second-order valence-corrected chi connectivity index (χ2v) is 5.32. The summed E-state index contributed by atoms with van der Waals surface area (Å²) in [4.78, 5) is 2.29. The zero-order valence-corrected chi connectivity index (χ0v) is 12.0. The molecule has 1 atom stereocenters. The highest BCUT2D eigenvalue weighted by Crippen LogP contribution is 2.20. The summed E-state index contributed by atoms with van der Waals surface area (Å²) in [6.07, 6.45) is 2.72. The first-order valence-electron chi connectivity index (χ1n) is 7.28. The van der Waals surface area contributed by atoms with Crippen molar-refractivity contribution in [3.05, 3.63) is 29.8 Å². The number of aliphatic hydroxyl groups excluding tert-OH is 1. The van der Waals surface area contributed by atoms with Gasteiger partial charge in [0.25, 0.3) is 0 Å². The molecule has 1 unspecified atom stereocenters. The monoisotopic (exact) mass is 274 g/mol. The highest BCUT2D eigenvalue weighted by Gasteiger charge is 2.21. The molecule has 1 fully saturated rings. The molecule has 20 heavy (non-hydrogen) atoms. The van der Waals surface area contributed by atoms with Crippen molar-refractivity contribution in [2.75, 3.05) is 19.6 Å². The minimum Gasteiger partial charge on any atom is -0.490 e. The minimum atomic E-state index is -0.222. The van der Waals surface area contributed by atoms with Crippen molar-refractivity contribution >= 4 is 0 Å². The van der Waals surface area contributed by atoms with E-state index in [1.54, 1.807) is 12.1 Å². The molecule has 0 amide bonds. The summed E-state index contributed by atoms with van der Waals surface area (Å²) in [5.74, 6) is 0.774. The molecule has 0 saturated carbocycles. The van der Waals surface area contributed by atoms with Crippen LogP contribution < -0.4 is 4.74 Å². The van der Waals surface area contributed by atoms with E-state index >= 15 is 0 Å². The van der Waals surface area contributed by atoms with E-state index in [9.17, 15) is 5.11 Å². The first kappa shape index (κ1) is 14.8. The zero-order chi connectivity index (χ0) is 14.4. The molecule has 1 aliphatic heterocycles. The Kier molecular flexibility index (Phi) is 5.40. The Hall–Kier alpha value is -1.57. The van der Waals surface area contributed by atoms with Crippen molar-refractivity contribution in [3.63, 3.8) is 0 Å². The second-order valence-electron chi connectivity index (χ2n) is 5.32. The van der Waals surface area contributed by atoms with Gasteiger partial charge in [-0.2, -0.15) is 5.26 Å². The van der Waals surface area contributed by atoms with E-state index in [4.69, 9.17) is 10.00 Å². The molecule has 1 aromatic carbocycles. The Morgan fingerprint density at radius 1 is 1.45 bits per heavy atom.